The maximum absolute atomic E-state index is 13.4. The molecule has 2 amide bonds. The highest BCUT2D eigenvalue weighted by molar-refractivity contribution is 7.10. The van der Waals surface area contributed by atoms with Crippen LogP contribution in [-0.4, -0.2) is 47.8 Å². The van der Waals surface area contributed by atoms with Crippen molar-refractivity contribution in [2.45, 2.75) is 20.4 Å². The predicted octanol–water partition coefficient (Wildman–Crippen LogP) is 4.48. The molecule has 1 aromatic heterocycles. The Morgan fingerprint density at radius 3 is 2.36 bits per heavy atom. The SMILES string of the molecule is Cc1ccc(C(=O)NC(=Cc2cccs2)C(=O)N2CCN(Cc3ccccc3)CC2)cc1C. The van der Waals surface area contributed by atoms with Crippen molar-refractivity contribution in [1.29, 1.82) is 0 Å². The average molecular weight is 460 g/mol. The fourth-order valence-corrected chi connectivity index (χ4v) is 4.52. The zero-order chi connectivity index (χ0) is 23.2. The normalized spacial score (nSPS) is 14.8. The zero-order valence-electron chi connectivity index (χ0n) is 19.1. The second kappa shape index (κ2) is 10.6. The molecule has 0 bridgehead atoms. The molecule has 0 aliphatic carbocycles. The summed E-state index contributed by atoms with van der Waals surface area (Å²) in [7, 11) is 0. The number of rotatable bonds is 6. The van der Waals surface area contributed by atoms with Crippen molar-refractivity contribution in [3.8, 4) is 0 Å². The lowest BCUT2D eigenvalue weighted by atomic mass is 10.1. The van der Waals surface area contributed by atoms with Crippen LogP contribution in [0, 0.1) is 13.8 Å². The number of thiophene rings is 1. The summed E-state index contributed by atoms with van der Waals surface area (Å²) in [6.07, 6.45) is 1.78. The van der Waals surface area contributed by atoms with Crippen molar-refractivity contribution in [1.82, 2.24) is 15.1 Å². The van der Waals surface area contributed by atoms with Crippen LogP contribution in [0.5, 0.6) is 0 Å². The van der Waals surface area contributed by atoms with Crippen LogP contribution in [0.2, 0.25) is 0 Å². The first-order chi connectivity index (χ1) is 16.0. The molecule has 1 N–H and O–H groups in total. The third kappa shape index (κ3) is 5.97. The molecule has 0 atom stereocenters. The molecule has 0 unspecified atom stereocenters. The topological polar surface area (TPSA) is 52.7 Å². The lowest BCUT2D eigenvalue weighted by Gasteiger charge is -2.35. The molecule has 2 aromatic carbocycles. The second-order valence-corrected chi connectivity index (χ2v) is 9.36. The first kappa shape index (κ1) is 23.0. The molecule has 2 heterocycles. The Morgan fingerprint density at radius 1 is 0.939 bits per heavy atom. The standard InChI is InChI=1S/C27H29N3O2S/c1-20-10-11-23(17-21(20)2)26(31)28-25(18-24-9-6-16-33-24)27(32)30-14-12-29(13-15-30)19-22-7-4-3-5-8-22/h3-11,16-18H,12-15,19H2,1-2H3,(H,28,31). The van der Waals surface area contributed by atoms with E-state index in [0.717, 1.165) is 35.6 Å². The van der Waals surface area contributed by atoms with Crippen molar-refractivity contribution in [3.05, 3.63) is 98.9 Å². The maximum Gasteiger partial charge on any atom is 0.270 e. The van der Waals surface area contributed by atoms with Crippen LogP contribution in [0.1, 0.15) is 31.9 Å². The lowest BCUT2D eigenvalue weighted by Crippen LogP contribution is -2.50. The van der Waals surface area contributed by atoms with Gasteiger partial charge in [-0.05, 0) is 60.2 Å². The van der Waals surface area contributed by atoms with Crippen molar-refractivity contribution < 1.29 is 9.59 Å². The molecule has 1 aliphatic heterocycles. The number of aryl methyl sites for hydroxylation is 2. The average Bonchev–Trinajstić information content (AvgIpc) is 3.34. The van der Waals surface area contributed by atoms with Gasteiger partial charge in [0.05, 0.1) is 0 Å². The van der Waals surface area contributed by atoms with Gasteiger partial charge >= 0.3 is 0 Å². The highest BCUT2D eigenvalue weighted by atomic mass is 32.1. The second-order valence-electron chi connectivity index (χ2n) is 8.38. The van der Waals surface area contributed by atoms with Gasteiger partial charge in [0.25, 0.3) is 11.8 Å². The van der Waals surface area contributed by atoms with Gasteiger partial charge in [-0.15, -0.1) is 11.3 Å². The highest BCUT2D eigenvalue weighted by Gasteiger charge is 2.25. The van der Waals surface area contributed by atoms with Crippen LogP contribution in [0.25, 0.3) is 6.08 Å². The van der Waals surface area contributed by atoms with E-state index in [4.69, 9.17) is 0 Å². The molecule has 1 fully saturated rings. The molecule has 0 saturated carbocycles. The van der Waals surface area contributed by atoms with E-state index in [1.165, 1.54) is 16.9 Å². The summed E-state index contributed by atoms with van der Waals surface area (Å²) in [6.45, 7) is 7.74. The molecule has 0 spiro atoms. The van der Waals surface area contributed by atoms with E-state index in [1.807, 2.05) is 54.5 Å². The molecule has 5 nitrogen and oxygen atoms in total. The third-order valence-corrected chi connectivity index (χ3v) is 6.81. The van der Waals surface area contributed by atoms with E-state index in [1.54, 1.807) is 12.1 Å². The number of amides is 2. The summed E-state index contributed by atoms with van der Waals surface area (Å²) in [5, 5.41) is 4.85. The number of benzene rings is 2. The van der Waals surface area contributed by atoms with E-state index < -0.39 is 0 Å². The number of nitrogens with one attached hydrogen (secondary N) is 1. The largest absolute Gasteiger partial charge is 0.335 e. The van der Waals surface area contributed by atoms with Crippen molar-refractivity contribution in [3.63, 3.8) is 0 Å². The van der Waals surface area contributed by atoms with E-state index in [0.29, 0.717) is 24.4 Å². The van der Waals surface area contributed by atoms with Gasteiger partial charge in [0, 0.05) is 43.2 Å². The Labute approximate surface area is 199 Å². The number of carbonyl (C=O) groups excluding carboxylic acids is 2. The van der Waals surface area contributed by atoms with Gasteiger partial charge in [-0.1, -0.05) is 42.5 Å². The first-order valence-corrected chi connectivity index (χ1v) is 12.1. The third-order valence-electron chi connectivity index (χ3n) is 5.99. The summed E-state index contributed by atoms with van der Waals surface area (Å²) >= 11 is 1.54. The number of hydrogen-bond acceptors (Lipinski definition) is 4. The summed E-state index contributed by atoms with van der Waals surface area (Å²) in [4.78, 5) is 31.5. The van der Waals surface area contributed by atoms with Crippen LogP contribution in [-0.2, 0) is 11.3 Å². The van der Waals surface area contributed by atoms with Crippen LogP contribution in [0.15, 0.2) is 71.7 Å². The fraction of sp³-hybridized carbons (Fsp3) is 0.259. The summed E-state index contributed by atoms with van der Waals surface area (Å²) in [5.74, 6) is -0.406. The molecule has 33 heavy (non-hydrogen) atoms. The predicted molar refractivity (Wildman–Crippen MR) is 134 cm³/mol. The van der Waals surface area contributed by atoms with Crippen LogP contribution < -0.4 is 5.32 Å². The van der Waals surface area contributed by atoms with Gasteiger partial charge in [0.15, 0.2) is 0 Å². The minimum Gasteiger partial charge on any atom is -0.335 e. The number of hydrogen-bond donors (Lipinski definition) is 1. The Kier molecular flexibility index (Phi) is 7.37. The molecular formula is C27H29N3O2S. The first-order valence-electron chi connectivity index (χ1n) is 11.2. The van der Waals surface area contributed by atoms with Gasteiger partial charge in [0.1, 0.15) is 5.70 Å². The van der Waals surface area contributed by atoms with E-state index in [-0.39, 0.29) is 11.8 Å². The molecule has 170 valence electrons. The van der Waals surface area contributed by atoms with Gasteiger partial charge < -0.3 is 10.2 Å². The Balaban J connectivity index is 1.45. The zero-order valence-corrected chi connectivity index (χ0v) is 19.9. The highest BCUT2D eigenvalue weighted by Crippen LogP contribution is 2.17. The van der Waals surface area contributed by atoms with E-state index in [2.05, 4.69) is 34.5 Å². The van der Waals surface area contributed by atoms with Crippen LogP contribution in [0.3, 0.4) is 0 Å². The van der Waals surface area contributed by atoms with Crippen molar-refractivity contribution >= 4 is 29.2 Å². The Bertz CT molecular complexity index is 1130. The molecule has 4 rings (SSSR count). The molecule has 6 heteroatoms. The van der Waals surface area contributed by atoms with E-state index in [9.17, 15) is 9.59 Å². The monoisotopic (exact) mass is 459 g/mol. The maximum atomic E-state index is 13.4. The van der Waals surface area contributed by atoms with Gasteiger partial charge in [-0.3, -0.25) is 14.5 Å². The lowest BCUT2D eigenvalue weighted by molar-refractivity contribution is -0.129. The minimum absolute atomic E-state index is 0.139. The summed E-state index contributed by atoms with van der Waals surface area (Å²) in [5.41, 5.74) is 4.32. The number of piperazine rings is 1. The molecule has 1 saturated heterocycles. The van der Waals surface area contributed by atoms with Gasteiger partial charge in [-0.2, -0.15) is 0 Å². The fourth-order valence-electron chi connectivity index (χ4n) is 3.87. The Hall–Kier alpha value is -3.22. The van der Waals surface area contributed by atoms with Crippen LogP contribution >= 0.6 is 11.3 Å². The van der Waals surface area contributed by atoms with E-state index >= 15 is 0 Å². The van der Waals surface area contributed by atoms with Crippen molar-refractivity contribution in [2.24, 2.45) is 0 Å². The smallest absolute Gasteiger partial charge is 0.270 e. The summed E-state index contributed by atoms with van der Waals surface area (Å²) < 4.78 is 0. The van der Waals surface area contributed by atoms with Crippen LogP contribution in [0.4, 0.5) is 0 Å². The molecule has 3 aromatic rings. The summed E-state index contributed by atoms with van der Waals surface area (Å²) in [6, 6.07) is 19.8. The number of carbonyl (C=O) groups is 2. The number of nitrogens with zero attached hydrogens (tertiary/aromatic N) is 2. The molecular weight excluding hydrogens is 430 g/mol. The molecule has 1 aliphatic rings. The molecule has 0 radical (unpaired) electrons. The van der Waals surface area contributed by atoms with Gasteiger partial charge in [0.2, 0.25) is 0 Å². The van der Waals surface area contributed by atoms with Gasteiger partial charge in [-0.25, -0.2) is 0 Å². The van der Waals surface area contributed by atoms with Crippen molar-refractivity contribution in [2.75, 3.05) is 26.2 Å². The minimum atomic E-state index is -0.267. The quantitative estimate of drug-likeness (QED) is 0.553. The Morgan fingerprint density at radius 2 is 1.70 bits per heavy atom.